The number of carbonyl (C=O) groups is 2. The van der Waals surface area contributed by atoms with Gasteiger partial charge < -0.3 is 24.2 Å². The zero-order valence-electron chi connectivity index (χ0n) is 72.1. The Bertz CT molecular complexity index is 3940. The number of nitrogens with zero attached hydrogens (tertiary/aromatic N) is 7. The van der Waals surface area contributed by atoms with Crippen molar-refractivity contribution in [1.29, 1.82) is 0 Å². The van der Waals surface area contributed by atoms with Gasteiger partial charge in [-0.2, -0.15) is 0 Å². The number of hydrogen-bond donors (Lipinski definition) is 0. The summed E-state index contributed by atoms with van der Waals surface area (Å²) < 4.78 is 11.5. The lowest BCUT2D eigenvalue weighted by Crippen LogP contribution is -2.44. The van der Waals surface area contributed by atoms with Crippen LogP contribution < -0.4 is 19.3 Å². The van der Waals surface area contributed by atoms with E-state index in [0.29, 0.717) is 48.0 Å². The molecule has 12 rings (SSSR count). The van der Waals surface area contributed by atoms with Gasteiger partial charge in [0, 0.05) is 67.6 Å². The first kappa shape index (κ1) is 95.8. The molecule has 11 heteroatoms. The Hall–Kier alpha value is -8.18. The van der Waals surface area contributed by atoms with Crippen LogP contribution in [-0.2, 0) is 22.6 Å². The van der Waals surface area contributed by atoms with E-state index in [2.05, 4.69) is 246 Å². The summed E-state index contributed by atoms with van der Waals surface area (Å²) in [5, 5.41) is 5.02. The molecule has 3 aliphatic rings. The normalized spacial score (nSPS) is 14.1. The van der Waals surface area contributed by atoms with Crippen molar-refractivity contribution in [3.05, 3.63) is 201 Å². The third-order valence-corrected chi connectivity index (χ3v) is 17.7. The van der Waals surface area contributed by atoms with Crippen molar-refractivity contribution in [3.8, 4) is 11.5 Å². The molecule has 6 heterocycles. The second-order valence-electron chi connectivity index (χ2n) is 26.6. The molecule has 0 saturated carbocycles. The van der Waals surface area contributed by atoms with Gasteiger partial charge in [0.2, 0.25) is 5.91 Å². The van der Waals surface area contributed by atoms with Gasteiger partial charge in [-0.25, -0.2) is 9.97 Å². The van der Waals surface area contributed by atoms with E-state index >= 15 is 0 Å². The van der Waals surface area contributed by atoms with Crippen molar-refractivity contribution in [2.24, 2.45) is 0 Å². The minimum absolute atomic E-state index is 0.00778. The van der Waals surface area contributed by atoms with Crippen molar-refractivity contribution in [2.45, 2.75) is 295 Å². The molecule has 2 amide bonds. The van der Waals surface area contributed by atoms with Gasteiger partial charge in [0.05, 0.1) is 34.9 Å². The molecule has 0 spiro atoms. The summed E-state index contributed by atoms with van der Waals surface area (Å²) in [6, 6.07) is 43.2. The molecule has 0 N–H and O–H groups in total. The highest BCUT2D eigenvalue weighted by atomic mass is 16.5. The van der Waals surface area contributed by atoms with Gasteiger partial charge in [-0.1, -0.05) is 241 Å². The molecule has 0 bridgehead atoms. The summed E-state index contributed by atoms with van der Waals surface area (Å²) in [5.74, 6) is 6.16. The molecule has 9 aromatic rings. The largest absolute Gasteiger partial charge is 0.486 e. The van der Waals surface area contributed by atoms with E-state index in [1.165, 1.54) is 77.3 Å². The highest BCUT2D eigenvalue weighted by Gasteiger charge is 2.30. The first-order valence-corrected chi connectivity index (χ1v) is 39.5. The maximum absolute atomic E-state index is 11.8. The van der Waals surface area contributed by atoms with Gasteiger partial charge >= 0.3 is 0 Å². The minimum atomic E-state index is -0.387. The summed E-state index contributed by atoms with van der Waals surface area (Å²) in [6.07, 6.45) is 4.21. The maximum atomic E-state index is 11.8. The van der Waals surface area contributed by atoms with Gasteiger partial charge in [0.25, 0.3) is 5.91 Å². The van der Waals surface area contributed by atoms with Crippen LogP contribution in [0.4, 0.5) is 11.4 Å². The third kappa shape index (κ3) is 28.0. The first-order chi connectivity index (χ1) is 49.5. The van der Waals surface area contributed by atoms with Crippen LogP contribution in [0.15, 0.2) is 134 Å². The maximum Gasteiger partial charge on any atom is 0.267 e. The van der Waals surface area contributed by atoms with E-state index in [1.54, 1.807) is 23.8 Å². The molecule has 0 radical (unpaired) electrons. The lowest BCUT2D eigenvalue weighted by atomic mass is 9.93. The van der Waals surface area contributed by atoms with Gasteiger partial charge in [0.1, 0.15) is 23.4 Å². The number of rotatable bonds is 6. The van der Waals surface area contributed by atoms with Crippen LogP contribution in [0.5, 0.6) is 11.5 Å². The molecule has 0 aliphatic carbocycles. The second kappa shape index (κ2) is 49.5. The molecule has 3 unspecified atom stereocenters. The number of hydrogen-bond acceptors (Lipinski definition) is 9. The molecule has 574 valence electrons. The Balaban J connectivity index is 0.00000118. The van der Waals surface area contributed by atoms with Crippen molar-refractivity contribution in [3.63, 3.8) is 0 Å². The average Bonchev–Trinajstić information content (AvgIpc) is 0.814. The summed E-state index contributed by atoms with van der Waals surface area (Å²) in [4.78, 5) is 46.6. The second-order valence-corrected chi connectivity index (χ2v) is 26.6. The minimum Gasteiger partial charge on any atom is -0.486 e. The van der Waals surface area contributed by atoms with E-state index in [4.69, 9.17) is 9.47 Å². The van der Waals surface area contributed by atoms with Crippen LogP contribution in [0.2, 0.25) is 0 Å². The molecular weight excluding hydrogens is 1280 g/mol. The molecule has 0 fully saturated rings. The highest BCUT2D eigenvalue weighted by molar-refractivity contribution is 5.99. The zero-order valence-corrected chi connectivity index (χ0v) is 72.1. The molecule has 104 heavy (non-hydrogen) atoms. The molecule has 0 saturated heterocycles. The predicted octanol–water partition coefficient (Wildman–Crippen LogP) is 26.2. The molecule has 11 nitrogen and oxygen atoms in total. The van der Waals surface area contributed by atoms with Crippen molar-refractivity contribution in [1.82, 2.24) is 24.8 Å². The fourth-order valence-electron chi connectivity index (χ4n) is 11.1. The van der Waals surface area contributed by atoms with E-state index in [0.717, 1.165) is 52.0 Å². The molecule has 3 aliphatic heterocycles. The van der Waals surface area contributed by atoms with E-state index in [-0.39, 0.29) is 24.0 Å². The van der Waals surface area contributed by atoms with Crippen LogP contribution >= 0.6 is 0 Å². The monoisotopic (exact) mass is 1420 g/mol. The Labute approximate surface area is 634 Å². The van der Waals surface area contributed by atoms with Gasteiger partial charge in [-0.05, 0) is 200 Å². The van der Waals surface area contributed by atoms with Gasteiger partial charge in [0.15, 0.2) is 6.10 Å². The van der Waals surface area contributed by atoms with E-state index in [9.17, 15) is 9.59 Å². The Morgan fingerprint density at radius 1 is 0.433 bits per heavy atom. The van der Waals surface area contributed by atoms with Gasteiger partial charge in [-0.15, -0.1) is 0 Å². The average molecular weight is 1420 g/mol. The number of pyridine rings is 2. The summed E-state index contributed by atoms with van der Waals surface area (Å²) >= 11 is 0. The number of anilines is 2. The number of fused-ring (bicyclic) bond motifs is 6. The number of aromatic nitrogens is 4. The van der Waals surface area contributed by atoms with Crippen LogP contribution in [0.3, 0.4) is 0 Å². The Morgan fingerprint density at radius 3 is 1.40 bits per heavy atom. The van der Waals surface area contributed by atoms with Crippen LogP contribution in [-0.4, -0.2) is 76.0 Å². The quantitative estimate of drug-likeness (QED) is 0.161. The lowest BCUT2D eigenvalue weighted by Gasteiger charge is -2.38. The number of carbonyl (C=O) groups excluding carboxylic acids is 2. The van der Waals surface area contributed by atoms with Crippen LogP contribution in [0, 0.1) is 27.7 Å². The first-order valence-electron chi connectivity index (χ1n) is 39.5. The third-order valence-electron chi connectivity index (χ3n) is 17.7. The number of likely N-dealkylation sites (N-methyl/N-ethyl adjacent to an activating group) is 3. The number of ether oxygens (including phenoxy) is 2. The van der Waals surface area contributed by atoms with E-state index < -0.39 is 0 Å². The number of amides is 2. The predicted molar refractivity (Wildman–Crippen MR) is 457 cm³/mol. The van der Waals surface area contributed by atoms with Crippen LogP contribution in [0.1, 0.15) is 304 Å². The number of benzene rings is 6. The topological polar surface area (TPSA) is 114 Å². The molecular formula is C93H143N7O4. The van der Waals surface area contributed by atoms with Gasteiger partial charge in [-0.3, -0.25) is 19.6 Å². The summed E-state index contributed by atoms with van der Waals surface area (Å²) in [6.45, 7) is 69.4. The zero-order chi connectivity index (χ0) is 80.0. The molecule has 3 aromatic heterocycles. The standard InChI is InChI=1S/C14H21NO.C14H17N.C13H16N2.C13H17NO2.C13H17NO.C12H13N.7C2H6/c1-9(2)12-6-7-14-13(8-12)15(5)10(3)11(4)16-14;1-9(2)12-5-6-13-10(3)8-15-11(4)14(13)7-12;1-8(2)11-5-6-13-12(7-11)9(3)14-10(4)15-13;1-8(2)10-5-6-12-11(7-10)14(4)13(15)9(3)16-12;1-9(2)10-4-5-11-7-13(15)14(3)8-12(11)6-10;1-9(2)10-5-6-12-11(8-10)4-3-7-13-12;7*1-2/h6-11H,1-5H3;5-9H,1-4H3;5-8H,1-4H3;5-9H,1-4H3;4-6,9H,7-8H2,1-3H3;3-9H,1-2H3;7*1-2H3. The highest BCUT2D eigenvalue weighted by Crippen LogP contribution is 2.38. The lowest BCUT2D eigenvalue weighted by molar-refractivity contribution is -0.130. The smallest absolute Gasteiger partial charge is 0.267 e. The Kier molecular flexibility index (Phi) is 45.6. The summed E-state index contributed by atoms with van der Waals surface area (Å²) in [7, 11) is 5.81. The fraction of sp³-hybridized carbons (Fsp3) is 0.505. The van der Waals surface area contributed by atoms with Crippen molar-refractivity contribution >= 4 is 55.8 Å². The molecule has 6 aromatic carbocycles. The summed E-state index contributed by atoms with van der Waals surface area (Å²) in [5.41, 5.74) is 18.2. The van der Waals surface area contributed by atoms with E-state index in [1.807, 2.05) is 148 Å². The fourth-order valence-corrected chi connectivity index (χ4v) is 11.1. The Morgan fingerprint density at radius 2 is 0.875 bits per heavy atom. The van der Waals surface area contributed by atoms with Crippen LogP contribution in [0.25, 0.3) is 32.6 Å². The van der Waals surface area contributed by atoms with Crippen molar-refractivity contribution < 1.29 is 19.1 Å². The van der Waals surface area contributed by atoms with Crippen molar-refractivity contribution in [2.75, 3.05) is 30.9 Å². The SMILES string of the molecule is CC.CC.CC.CC.CC.CC.CC.CC(C)c1ccc2c(c1)CN(C)C(=O)C2.CC(C)c1ccc2c(c1)N(C)C(C)C(C)O2.CC(C)c1ccc2ncccc2c1.CC1Oc2ccc(C(C)C)cc2N(C)C1=O.Cc1cnc(C)c2cc(C(C)C)ccc12.Cc1nc(C)c2cc(C(C)C)ccc2n1. The number of aryl methyl sites for hydroxylation is 4. The molecule has 3 atom stereocenters.